The van der Waals surface area contributed by atoms with Crippen molar-refractivity contribution in [3.05, 3.63) is 46.8 Å². The maximum atomic E-state index is 13.0. The highest BCUT2D eigenvalue weighted by Gasteiger charge is 2.31. The molecular formula is C22H30N4O2. The molecule has 1 aliphatic carbocycles. The first-order valence-electron chi connectivity index (χ1n) is 10.4. The number of aromatic nitrogens is 2. The fourth-order valence-corrected chi connectivity index (χ4v) is 4.47. The van der Waals surface area contributed by atoms with Crippen molar-refractivity contribution in [3.63, 3.8) is 0 Å². The molecule has 6 heteroatoms. The van der Waals surface area contributed by atoms with Gasteiger partial charge in [0.05, 0.1) is 7.11 Å². The van der Waals surface area contributed by atoms with Gasteiger partial charge in [-0.2, -0.15) is 5.10 Å². The van der Waals surface area contributed by atoms with Gasteiger partial charge in [0.15, 0.2) is 5.69 Å². The van der Waals surface area contributed by atoms with E-state index < -0.39 is 0 Å². The summed E-state index contributed by atoms with van der Waals surface area (Å²) in [5, 5.41) is 8.39. The first-order chi connectivity index (χ1) is 13.7. The van der Waals surface area contributed by atoms with Crippen LogP contribution in [0.2, 0.25) is 0 Å². The average Bonchev–Trinajstić information content (AvgIpc) is 3.39. The van der Waals surface area contributed by atoms with Gasteiger partial charge in [0, 0.05) is 49.0 Å². The third-order valence-electron chi connectivity index (χ3n) is 6.02. The van der Waals surface area contributed by atoms with Crippen LogP contribution in [0.3, 0.4) is 0 Å². The minimum atomic E-state index is 0.117. The molecule has 1 aromatic carbocycles. The summed E-state index contributed by atoms with van der Waals surface area (Å²) in [6, 6.07) is 8.46. The van der Waals surface area contributed by atoms with E-state index in [4.69, 9.17) is 9.84 Å². The third-order valence-corrected chi connectivity index (χ3v) is 6.02. The van der Waals surface area contributed by atoms with Gasteiger partial charge in [0.25, 0.3) is 5.91 Å². The largest absolute Gasteiger partial charge is 0.496 e. The molecule has 1 atom stereocenters. The molecule has 2 heterocycles. The summed E-state index contributed by atoms with van der Waals surface area (Å²) in [4.78, 5) is 15.0. The molecule has 6 nitrogen and oxygen atoms in total. The number of aryl methyl sites for hydroxylation is 1. The lowest BCUT2D eigenvalue weighted by atomic mass is 9.91. The Bertz CT molecular complexity index is 839. The van der Waals surface area contributed by atoms with Crippen LogP contribution in [0.25, 0.3) is 0 Å². The highest BCUT2D eigenvalue weighted by Crippen LogP contribution is 2.27. The summed E-state index contributed by atoms with van der Waals surface area (Å²) >= 11 is 0. The normalized spacial score (nSPS) is 18.9. The number of hydrogen-bond donors (Lipinski definition) is 1. The van der Waals surface area contributed by atoms with E-state index >= 15 is 0 Å². The van der Waals surface area contributed by atoms with E-state index in [1.54, 1.807) is 7.11 Å². The number of hydrogen-bond acceptors (Lipinski definition) is 4. The Morgan fingerprint density at radius 1 is 1.29 bits per heavy atom. The topological polar surface area (TPSA) is 59.4 Å². The minimum Gasteiger partial charge on any atom is -0.496 e. The molecule has 1 N–H and O–H groups in total. The van der Waals surface area contributed by atoms with E-state index in [-0.39, 0.29) is 5.91 Å². The van der Waals surface area contributed by atoms with Crippen LogP contribution in [-0.4, -0.2) is 46.8 Å². The number of ether oxygens (including phenoxy) is 1. The van der Waals surface area contributed by atoms with Gasteiger partial charge < -0.3 is 15.0 Å². The Morgan fingerprint density at radius 2 is 2.07 bits per heavy atom. The molecule has 0 bridgehead atoms. The van der Waals surface area contributed by atoms with Crippen LogP contribution in [0.15, 0.2) is 24.3 Å². The van der Waals surface area contributed by atoms with Crippen LogP contribution >= 0.6 is 0 Å². The van der Waals surface area contributed by atoms with Crippen molar-refractivity contribution in [2.75, 3.05) is 20.2 Å². The monoisotopic (exact) mass is 382 g/mol. The van der Waals surface area contributed by atoms with Crippen LogP contribution in [0, 0.1) is 0 Å². The molecule has 4 rings (SSSR count). The van der Waals surface area contributed by atoms with E-state index in [1.807, 2.05) is 27.8 Å². The number of para-hydroxylation sites is 1. The number of methoxy groups -OCH3 is 1. The average molecular weight is 383 g/mol. The van der Waals surface area contributed by atoms with E-state index in [1.165, 1.54) is 5.69 Å². The Hall–Kier alpha value is -2.34. The molecule has 0 radical (unpaired) electrons. The Kier molecular flexibility index (Phi) is 5.67. The maximum Gasteiger partial charge on any atom is 0.274 e. The predicted octanol–water partition coefficient (Wildman–Crippen LogP) is 2.79. The van der Waals surface area contributed by atoms with Gasteiger partial charge in [-0.05, 0) is 45.1 Å². The van der Waals surface area contributed by atoms with Crippen LogP contribution in [0.1, 0.15) is 53.5 Å². The van der Waals surface area contributed by atoms with Crippen LogP contribution in [0.4, 0.5) is 0 Å². The summed E-state index contributed by atoms with van der Waals surface area (Å²) in [5.41, 5.74) is 4.25. The highest BCUT2D eigenvalue weighted by molar-refractivity contribution is 5.94. The van der Waals surface area contributed by atoms with Crippen molar-refractivity contribution in [2.24, 2.45) is 0 Å². The molecule has 2 aliphatic rings. The number of fused-ring (bicyclic) bond motifs is 1. The van der Waals surface area contributed by atoms with Gasteiger partial charge in [0.1, 0.15) is 5.75 Å². The second-order valence-electron chi connectivity index (χ2n) is 7.72. The number of likely N-dealkylation sites (tertiary alicyclic amines) is 1. The molecule has 1 aliphatic heterocycles. The second kappa shape index (κ2) is 8.35. The zero-order chi connectivity index (χ0) is 19.5. The molecule has 0 spiro atoms. The lowest BCUT2D eigenvalue weighted by Gasteiger charge is -2.25. The van der Waals surface area contributed by atoms with Crippen LogP contribution < -0.4 is 10.1 Å². The zero-order valence-electron chi connectivity index (χ0n) is 16.9. The molecular weight excluding hydrogens is 352 g/mol. The maximum absolute atomic E-state index is 13.0. The number of amides is 1. The standard InChI is InChI=1S/C22H30N4O2/c1-3-26-19-11-10-17(23-15-16-8-4-5-9-20(16)28-2)14-18(19)21(24-26)22(27)25-12-6-7-13-25/h4-5,8-9,17,23H,3,6-7,10-15H2,1-2H3/t17-/m0/s1. The second-order valence-corrected chi connectivity index (χ2v) is 7.72. The number of nitrogens with one attached hydrogen (secondary N) is 1. The van der Waals surface area contributed by atoms with Crippen molar-refractivity contribution in [1.29, 1.82) is 0 Å². The molecule has 1 aromatic heterocycles. The summed E-state index contributed by atoms with van der Waals surface area (Å²) in [5.74, 6) is 1.03. The Balaban J connectivity index is 1.50. The van der Waals surface area contributed by atoms with E-state index in [2.05, 4.69) is 18.3 Å². The molecule has 1 saturated heterocycles. The number of benzene rings is 1. The van der Waals surface area contributed by atoms with E-state index in [0.717, 1.165) is 75.2 Å². The molecule has 28 heavy (non-hydrogen) atoms. The molecule has 150 valence electrons. The van der Waals surface area contributed by atoms with Crippen molar-refractivity contribution in [3.8, 4) is 5.75 Å². The molecule has 1 amide bonds. The van der Waals surface area contributed by atoms with Crippen LogP contribution in [0.5, 0.6) is 5.75 Å². The third kappa shape index (κ3) is 3.65. The van der Waals surface area contributed by atoms with Crippen molar-refractivity contribution < 1.29 is 9.53 Å². The van der Waals surface area contributed by atoms with E-state index in [9.17, 15) is 4.79 Å². The quantitative estimate of drug-likeness (QED) is 0.835. The summed E-state index contributed by atoms with van der Waals surface area (Å²) in [7, 11) is 1.71. The first kappa shape index (κ1) is 19.0. The number of rotatable bonds is 6. The van der Waals surface area contributed by atoms with Crippen molar-refractivity contribution in [1.82, 2.24) is 20.0 Å². The predicted molar refractivity (Wildman–Crippen MR) is 109 cm³/mol. The number of carbonyl (C=O) groups excluding carboxylic acids is 1. The zero-order valence-corrected chi connectivity index (χ0v) is 16.9. The van der Waals surface area contributed by atoms with E-state index in [0.29, 0.717) is 11.7 Å². The van der Waals surface area contributed by atoms with Crippen LogP contribution in [-0.2, 0) is 25.9 Å². The lowest BCUT2D eigenvalue weighted by molar-refractivity contribution is 0.0785. The SMILES string of the molecule is CCn1nc(C(=O)N2CCCC2)c2c1CC[C@H](NCc1ccccc1OC)C2. The molecule has 1 fully saturated rings. The Labute approximate surface area is 166 Å². The number of carbonyl (C=O) groups is 1. The number of nitrogens with zero attached hydrogens (tertiary/aromatic N) is 3. The van der Waals surface area contributed by atoms with Gasteiger partial charge in [-0.1, -0.05) is 18.2 Å². The fraction of sp³-hybridized carbons (Fsp3) is 0.545. The van der Waals surface area contributed by atoms with Gasteiger partial charge in [-0.25, -0.2) is 0 Å². The van der Waals surface area contributed by atoms with Gasteiger partial charge >= 0.3 is 0 Å². The molecule has 0 unspecified atom stereocenters. The van der Waals surface area contributed by atoms with Gasteiger partial charge in [-0.15, -0.1) is 0 Å². The minimum absolute atomic E-state index is 0.117. The first-order valence-corrected chi connectivity index (χ1v) is 10.4. The van der Waals surface area contributed by atoms with Gasteiger partial charge in [0.2, 0.25) is 0 Å². The highest BCUT2D eigenvalue weighted by atomic mass is 16.5. The Morgan fingerprint density at radius 3 is 2.82 bits per heavy atom. The molecule has 0 saturated carbocycles. The van der Waals surface area contributed by atoms with Crippen molar-refractivity contribution >= 4 is 5.91 Å². The smallest absolute Gasteiger partial charge is 0.274 e. The lowest BCUT2D eigenvalue weighted by Crippen LogP contribution is -2.35. The summed E-state index contributed by atoms with van der Waals surface area (Å²) in [6.45, 7) is 5.41. The summed E-state index contributed by atoms with van der Waals surface area (Å²) < 4.78 is 7.50. The molecule has 2 aromatic rings. The fourth-order valence-electron chi connectivity index (χ4n) is 4.47. The summed E-state index contributed by atoms with van der Waals surface area (Å²) in [6.07, 6.45) is 5.09. The van der Waals surface area contributed by atoms with Crippen molar-refractivity contribution in [2.45, 2.75) is 58.2 Å². The van der Waals surface area contributed by atoms with Gasteiger partial charge in [-0.3, -0.25) is 9.48 Å².